The lowest BCUT2D eigenvalue weighted by Crippen LogP contribution is -2.35. The molecule has 3 heteroatoms. The first kappa shape index (κ1) is 14.0. The molecule has 1 N–H and O–H groups in total. The van der Waals surface area contributed by atoms with E-state index in [1.54, 1.807) is 6.07 Å². The molecule has 2 rings (SSSR count). The van der Waals surface area contributed by atoms with Crippen LogP contribution >= 0.6 is 15.9 Å². The van der Waals surface area contributed by atoms with Crippen molar-refractivity contribution in [2.75, 3.05) is 13.1 Å². The van der Waals surface area contributed by atoms with E-state index in [9.17, 15) is 4.39 Å². The Morgan fingerprint density at radius 3 is 2.78 bits per heavy atom. The third-order valence-electron chi connectivity index (χ3n) is 3.97. The fourth-order valence-electron chi connectivity index (χ4n) is 2.66. The zero-order chi connectivity index (χ0) is 13.2. The highest BCUT2D eigenvalue weighted by molar-refractivity contribution is 9.10. The van der Waals surface area contributed by atoms with Crippen LogP contribution < -0.4 is 5.32 Å². The quantitative estimate of drug-likeness (QED) is 0.831. The zero-order valence-electron chi connectivity index (χ0n) is 11.1. The molecule has 1 unspecified atom stereocenters. The fraction of sp³-hybridized carbons (Fsp3) is 0.600. The number of halogens is 2. The Hall–Kier alpha value is -0.410. The molecule has 0 radical (unpaired) electrons. The Balaban J connectivity index is 2.15. The van der Waals surface area contributed by atoms with Gasteiger partial charge in [0, 0.05) is 6.54 Å². The molecule has 0 amide bonds. The van der Waals surface area contributed by atoms with Crippen LogP contribution in [0.1, 0.15) is 32.3 Å². The van der Waals surface area contributed by atoms with Gasteiger partial charge < -0.3 is 5.32 Å². The Morgan fingerprint density at radius 2 is 2.17 bits per heavy atom. The van der Waals surface area contributed by atoms with Gasteiger partial charge in [0.05, 0.1) is 4.47 Å². The molecule has 0 aliphatic heterocycles. The topological polar surface area (TPSA) is 12.0 Å². The first-order valence-electron chi connectivity index (χ1n) is 6.70. The molecule has 1 aromatic carbocycles. The highest BCUT2D eigenvalue weighted by atomic mass is 79.9. The minimum absolute atomic E-state index is 0.158. The largest absolute Gasteiger partial charge is 0.316 e. The maximum Gasteiger partial charge on any atom is 0.137 e. The van der Waals surface area contributed by atoms with E-state index in [4.69, 9.17) is 0 Å². The van der Waals surface area contributed by atoms with Gasteiger partial charge in [-0.25, -0.2) is 4.39 Å². The summed E-state index contributed by atoms with van der Waals surface area (Å²) in [6, 6.07) is 5.34. The summed E-state index contributed by atoms with van der Waals surface area (Å²) in [6.45, 7) is 6.46. The Bertz CT molecular complexity index is 417. The zero-order valence-corrected chi connectivity index (χ0v) is 12.7. The van der Waals surface area contributed by atoms with Gasteiger partial charge in [-0.15, -0.1) is 0 Å². The molecule has 1 aliphatic carbocycles. The van der Waals surface area contributed by atoms with Crippen LogP contribution in [0.5, 0.6) is 0 Å². The fourth-order valence-corrected chi connectivity index (χ4v) is 3.07. The summed E-state index contributed by atoms with van der Waals surface area (Å²) in [4.78, 5) is 0. The summed E-state index contributed by atoms with van der Waals surface area (Å²) in [5.74, 6) is 0.626. The maximum atomic E-state index is 13.6. The van der Waals surface area contributed by atoms with Crippen molar-refractivity contribution in [2.45, 2.75) is 33.1 Å². The van der Waals surface area contributed by atoms with Crippen LogP contribution in [0, 0.1) is 17.2 Å². The average molecular weight is 314 g/mol. The monoisotopic (exact) mass is 313 g/mol. The number of hydrogen-bond acceptors (Lipinski definition) is 1. The first-order valence-corrected chi connectivity index (χ1v) is 7.50. The van der Waals surface area contributed by atoms with Crippen LogP contribution in [0.3, 0.4) is 0 Å². The molecule has 0 bridgehead atoms. The molecule has 18 heavy (non-hydrogen) atoms. The number of rotatable bonds is 6. The molecule has 1 atom stereocenters. The molecule has 0 heterocycles. The van der Waals surface area contributed by atoms with E-state index in [1.807, 2.05) is 6.07 Å². The van der Waals surface area contributed by atoms with E-state index in [-0.39, 0.29) is 11.2 Å². The molecule has 1 aromatic rings. The van der Waals surface area contributed by atoms with E-state index >= 15 is 0 Å². The normalized spacial score (nSPS) is 18.7. The van der Waals surface area contributed by atoms with Crippen LogP contribution in [0.2, 0.25) is 0 Å². The molecule has 0 saturated heterocycles. The third-order valence-corrected chi connectivity index (χ3v) is 4.86. The second-order valence-corrected chi connectivity index (χ2v) is 6.39. The van der Waals surface area contributed by atoms with Gasteiger partial charge in [0.2, 0.25) is 0 Å². The summed E-state index contributed by atoms with van der Waals surface area (Å²) in [6.07, 6.45) is 3.56. The van der Waals surface area contributed by atoms with Crippen molar-refractivity contribution in [2.24, 2.45) is 11.3 Å². The summed E-state index contributed by atoms with van der Waals surface area (Å²) in [5, 5.41) is 3.46. The van der Waals surface area contributed by atoms with Crippen molar-refractivity contribution in [1.29, 1.82) is 0 Å². The molecule has 0 spiro atoms. The van der Waals surface area contributed by atoms with Crippen molar-refractivity contribution < 1.29 is 4.39 Å². The van der Waals surface area contributed by atoms with Crippen molar-refractivity contribution in [3.63, 3.8) is 0 Å². The predicted molar refractivity (Wildman–Crippen MR) is 77.2 cm³/mol. The van der Waals surface area contributed by atoms with Crippen molar-refractivity contribution in [1.82, 2.24) is 5.32 Å². The van der Waals surface area contributed by atoms with E-state index in [0.717, 1.165) is 31.0 Å². The van der Waals surface area contributed by atoms with Gasteiger partial charge in [-0.2, -0.15) is 0 Å². The van der Waals surface area contributed by atoms with Gasteiger partial charge in [0.25, 0.3) is 0 Å². The van der Waals surface area contributed by atoms with Crippen LogP contribution in [-0.4, -0.2) is 13.1 Å². The number of hydrogen-bond donors (Lipinski definition) is 1. The van der Waals surface area contributed by atoms with E-state index < -0.39 is 0 Å². The summed E-state index contributed by atoms with van der Waals surface area (Å²) < 4.78 is 14.2. The van der Waals surface area contributed by atoms with Gasteiger partial charge in [0.1, 0.15) is 5.82 Å². The Morgan fingerprint density at radius 1 is 1.44 bits per heavy atom. The van der Waals surface area contributed by atoms with Crippen LogP contribution in [0.25, 0.3) is 0 Å². The average Bonchev–Trinajstić information content (AvgIpc) is 3.17. The van der Waals surface area contributed by atoms with Crippen LogP contribution in [-0.2, 0) is 6.42 Å². The smallest absolute Gasteiger partial charge is 0.137 e. The second kappa shape index (κ2) is 5.70. The molecule has 1 fully saturated rings. The van der Waals surface area contributed by atoms with Crippen molar-refractivity contribution in [3.8, 4) is 0 Å². The van der Waals surface area contributed by atoms with Crippen LogP contribution in [0.15, 0.2) is 22.7 Å². The van der Waals surface area contributed by atoms with Gasteiger partial charge in [-0.05, 0) is 64.7 Å². The lowest BCUT2D eigenvalue weighted by atomic mass is 9.79. The molecule has 1 saturated carbocycles. The minimum atomic E-state index is -0.158. The standard InChI is InChI=1S/C15H21BrFN/c1-3-18-10-15(2,12-7-8-12)9-11-5-4-6-13(17)14(11)16/h4-6,12,18H,3,7-10H2,1-2H3. The third kappa shape index (κ3) is 3.12. The summed E-state index contributed by atoms with van der Waals surface area (Å²) >= 11 is 3.38. The van der Waals surface area contributed by atoms with Crippen molar-refractivity contribution >= 4 is 15.9 Å². The lowest BCUT2D eigenvalue weighted by molar-refractivity contribution is 0.257. The van der Waals surface area contributed by atoms with Gasteiger partial charge in [0.15, 0.2) is 0 Å². The van der Waals surface area contributed by atoms with Gasteiger partial charge in [-0.3, -0.25) is 0 Å². The van der Waals surface area contributed by atoms with Gasteiger partial charge >= 0.3 is 0 Å². The van der Waals surface area contributed by atoms with E-state index in [1.165, 1.54) is 18.9 Å². The summed E-state index contributed by atoms with van der Waals surface area (Å²) in [5.41, 5.74) is 1.33. The SMILES string of the molecule is CCNCC(C)(Cc1cccc(F)c1Br)C1CC1. The highest BCUT2D eigenvalue weighted by Crippen LogP contribution is 2.47. The molecule has 1 nitrogen and oxygen atoms in total. The molecule has 0 aromatic heterocycles. The summed E-state index contributed by atoms with van der Waals surface area (Å²) in [7, 11) is 0. The lowest BCUT2D eigenvalue weighted by Gasteiger charge is -2.30. The Kier molecular flexibility index (Phi) is 4.44. The molecular formula is C15H21BrFN. The Labute approximate surface area is 117 Å². The molecule has 1 aliphatic rings. The van der Waals surface area contributed by atoms with Crippen LogP contribution in [0.4, 0.5) is 4.39 Å². The molecular weight excluding hydrogens is 293 g/mol. The number of benzene rings is 1. The minimum Gasteiger partial charge on any atom is -0.316 e. The maximum absolute atomic E-state index is 13.6. The number of nitrogens with one attached hydrogen (secondary N) is 1. The molecule has 100 valence electrons. The highest BCUT2D eigenvalue weighted by Gasteiger charge is 2.41. The van der Waals surface area contributed by atoms with Crippen molar-refractivity contribution in [3.05, 3.63) is 34.1 Å². The van der Waals surface area contributed by atoms with Gasteiger partial charge in [-0.1, -0.05) is 26.0 Å². The first-order chi connectivity index (χ1) is 8.57. The predicted octanol–water partition coefficient (Wildman–Crippen LogP) is 4.16. The van der Waals surface area contributed by atoms with E-state index in [0.29, 0.717) is 4.47 Å². The second-order valence-electron chi connectivity index (χ2n) is 5.60. The van der Waals surface area contributed by atoms with E-state index in [2.05, 4.69) is 35.1 Å².